The first-order valence-electron chi connectivity index (χ1n) is 7.17. The molecule has 0 aromatic heterocycles. The third-order valence-electron chi connectivity index (χ3n) is 3.50. The second kappa shape index (κ2) is 11.5. The molecule has 0 spiro atoms. The van der Waals surface area contributed by atoms with Gasteiger partial charge in [-0.05, 0) is 12.6 Å². The summed E-state index contributed by atoms with van der Waals surface area (Å²) in [6.45, 7) is 1.61. The van der Waals surface area contributed by atoms with E-state index in [2.05, 4.69) is 0 Å². The number of aliphatic hydroxyl groups is 1. The van der Waals surface area contributed by atoms with Gasteiger partial charge in [-0.3, -0.25) is 0 Å². The van der Waals surface area contributed by atoms with E-state index in [-0.39, 0.29) is 12.1 Å². The molecule has 0 atom stereocenters. The molecule has 0 rings (SSSR count). The van der Waals surface area contributed by atoms with Crippen LogP contribution in [0, 0.1) is 0 Å². The first-order chi connectivity index (χ1) is 11.2. The second-order valence-corrected chi connectivity index (χ2v) is 12.3. The Bertz CT molecular complexity index is 338. The van der Waals surface area contributed by atoms with Gasteiger partial charge in [0, 0.05) is 47.3 Å². The molecule has 0 saturated heterocycles. The van der Waals surface area contributed by atoms with Gasteiger partial charge in [0.25, 0.3) is 0 Å². The molecule has 0 aromatic rings. The molecule has 0 aliphatic heterocycles. The zero-order valence-electron chi connectivity index (χ0n) is 14.9. The molecule has 154 valence electrons. The molecule has 0 aromatic carbocycles. The van der Waals surface area contributed by atoms with Gasteiger partial charge in [-0.1, -0.05) is 0 Å². The highest BCUT2D eigenvalue weighted by atomic mass is 28.4. The van der Waals surface area contributed by atoms with Crippen LogP contribution in [0.4, 0.5) is 26.3 Å². The second-order valence-electron chi connectivity index (χ2n) is 5.25. The largest absolute Gasteiger partial charge is 0.398 e. The summed E-state index contributed by atoms with van der Waals surface area (Å²) in [5.74, 6) is 0. The number of aliphatic hydroxyl groups excluding tert-OH is 1. The van der Waals surface area contributed by atoms with Crippen LogP contribution in [-0.4, -0.2) is 69.3 Å². The Morgan fingerprint density at radius 3 is 1.32 bits per heavy atom. The van der Waals surface area contributed by atoms with Gasteiger partial charge in [-0.25, -0.2) is 0 Å². The van der Waals surface area contributed by atoms with Crippen molar-refractivity contribution in [3.63, 3.8) is 0 Å². The highest BCUT2D eigenvalue weighted by Gasteiger charge is 2.40. The van der Waals surface area contributed by atoms with E-state index in [1.807, 2.05) is 0 Å². The van der Waals surface area contributed by atoms with Gasteiger partial charge in [0.05, 0.1) is 6.23 Å². The van der Waals surface area contributed by atoms with E-state index in [1.165, 1.54) is 28.4 Å². The van der Waals surface area contributed by atoms with Crippen molar-refractivity contribution in [1.29, 1.82) is 0 Å². The van der Waals surface area contributed by atoms with Gasteiger partial charge in [0.1, 0.15) is 0 Å². The standard InChI is InChI=1S/C6H13F3O3Si.C6H13F3O2Si/c1-11-13(5-10,12-2)4-3-6(7,8)9;1-10-12(3,11-2)5-4-6(7,8)9/h10H,3-5H2,1-2H3;4-5H2,1-3H3. The number of rotatable bonds is 9. The number of hydrogen-bond acceptors (Lipinski definition) is 5. The molecule has 13 heteroatoms. The van der Waals surface area contributed by atoms with Crippen LogP contribution in [0.1, 0.15) is 12.8 Å². The van der Waals surface area contributed by atoms with E-state index in [0.29, 0.717) is 0 Å². The summed E-state index contributed by atoms with van der Waals surface area (Å²) in [6, 6.07) is -0.330. The van der Waals surface area contributed by atoms with Crippen molar-refractivity contribution in [1.82, 2.24) is 0 Å². The Hall–Kier alpha value is -0.186. The van der Waals surface area contributed by atoms with E-state index >= 15 is 0 Å². The average molecular weight is 420 g/mol. The molecule has 0 aliphatic carbocycles. The summed E-state index contributed by atoms with van der Waals surface area (Å²) in [7, 11) is -0.252. The smallest absolute Gasteiger partial charge is 0.389 e. The highest BCUT2D eigenvalue weighted by Crippen LogP contribution is 2.27. The molecule has 0 bridgehead atoms. The van der Waals surface area contributed by atoms with Crippen LogP contribution in [0.25, 0.3) is 0 Å². The lowest BCUT2D eigenvalue weighted by atomic mass is 10.5. The van der Waals surface area contributed by atoms with Crippen molar-refractivity contribution in [2.45, 2.75) is 43.8 Å². The van der Waals surface area contributed by atoms with Crippen molar-refractivity contribution >= 4 is 17.1 Å². The Balaban J connectivity index is 0. The van der Waals surface area contributed by atoms with Crippen molar-refractivity contribution in [3.05, 3.63) is 0 Å². The zero-order chi connectivity index (χ0) is 20.4. The van der Waals surface area contributed by atoms with Gasteiger partial charge in [0.2, 0.25) is 0 Å². The molecule has 0 aliphatic rings. The minimum Gasteiger partial charge on any atom is -0.398 e. The van der Waals surface area contributed by atoms with Crippen molar-refractivity contribution in [2.75, 3.05) is 34.7 Å². The van der Waals surface area contributed by atoms with Crippen LogP contribution in [-0.2, 0) is 17.7 Å². The lowest BCUT2D eigenvalue weighted by molar-refractivity contribution is -0.132. The highest BCUT2D eigenvalue weighted by molar-refractivity contribution is 6.67. The summed E-state index contributed by atoms with van der Waals surface area (Å²) in [5, 5.41) is 8.82. The maximum atomic E-state index is 11.8. The fourth-order valence-electron chi connectivity index (χ4n) is 1.48. The molecule has 0 heterocycles. The first-order valence-corrected chi connectivity index (χ1v) is 11.9. The molecule has 0 fully saturated rings. The van der Waals surface area contributed by atoms with Gasteiger partial charge < -0.3 is 22.8 Å². The number of alkyl halides is 6. The molecular weight excluding hydrogens is 394 g/mol. The Kier molecular flexibility index (Phi) is 12.4. The minimum absolute atomic E-state index is 0.0521. The molecule has 0 radical (unpaired) electrons. The fraction of sp³-hybridized carbons (Fsp3) is 1.00. The molecule has 0 amide bonds. The molecular formula is C12H26F6O5Si2. The van der Waals surface area contributed by atoms with E-state index in [0.717, 1.165) is 0 Å². The van der Waals surface area contributed by atoms with Crippen LogP contribution in [0.15, 0.2) is 0 Å². The summed E-state index contributed by atoms with van der Waals surface area (Å²) in [6.07, 6.45) is -10.6. The van der Waals surface area contributed by atoms with Gasteiger partial charge in [-0.15, -0.1) is 0 Å². The predicted molar refractivity (Wildman–Crippen MR) is 83.5 cm³/mol. The topological polar surface area (TPSA) is 57.2 Å². The molecule has 25 heavy (non-hydrogen) atoms. The summed E-state index contributed by atoms with van der Waals surface area (Å²) in [4.78, 5) is 0. The fourth-order valence-corrected chi connectivity index (χ4v) is 4.45. The maximum Gasteiger partial charge on any atom is 0.389 e. The zero-order valence-corrected chi connectivity index (χ0v) is 16.9. The summed E-state index contributed by atoms with van der Waals surface area (Å²) < 4.78 is 90.2. The van der Waals surface area contributed by atoms with E-state index in [4.69, 9.17) is 22.8 Å². The maximum absolute atomic E-state index is 11.8. The molecule has 0 unspecified atom stereocenters. The molecule has 5 nitrogen and oxygen atoms in total. The van der Waals surface area contributed by atoms with Gasteiger partial charge >= 0.3 is 29.5 Å². The lowest BCUT2D eigenvalue weighted by Crippen LogP contribution is -2.45. The van der Waals surface area contributed by atoms with E-state index in [1.54, 1.807) is 6.55 Å². The number of halogens is 6. The van der Waals surface area contributed by atoms with Gasteiger partial charge in [0.15, 0.2) is 0 Å². The van der Waals surface area contributed by atoms with E-state index in [9.17, 15) is 26.3 Å². The van der Waals surface area contributed by atoms with Crippen LogP contribution >= 0.6 is 0 Å². The third-order valence-corrected chi connectivity index (χ3v) is 9.37. The van der Waals surface area contributed by atoms with Crippen LogP contribution < -0.4 is 0 Å². The van der Waals surface area contributed by atoms with Crippen molar-refractivity contribution < 1.29 is 49.2 Å². The molecule has 1 N–H and O–H groups in total. The Morgan fingerprint density at radius 1 is 0.720 bits per heavy atom. The summed E-state index contributed by atoms with van der Waals surface area (Å²) >= 11 is 0. The third kappa shape index (κ3) is 13.6. The number of hydrogen-bond donors (Lipinski definition) is 1. The Labute approximate surface area is 145 Å². The first kappa shape index (κ1) is 27.0. The monoisotopic (exact) mass is 420 g/mol. The normalized spacial score (nSPS) is 13.4. The van der Waals surface area contributed by atoms with Crippen LogP contribution in [0.2, 0.25) is 18.6 Å². The van der Waals surface area contributed by atoms with E-state index < -0.39 is 48.5 Å². The minimum atomic E-state index is -4.23. The van der Waals surface area contributed by atoms with Crippen molar-refractivity contribution in [2.24, 2.45) is 0 Å². The summed E-state index contributed by atoms with van der Waals surface area (Å²) in [5.41, 5.74) is 0. The SMILES string of the molecule is CO[Si](C)(CCC(F)(F)F)OC.CO[Si](CO)(CCC(F)(F)F)OC. The average Bonchev–Trinajstić information content (AvgIpc) is 2.53. The van der Waals surface area contributed by atoms with Crippen LogP contribution in [0.5, 0.6) is 0 Å². The van der Waals surface area contributed by atoms with Crippen LogP contribution in [0.3, 0.4) is 0 Å². The lowest BCUT2D eigenvalue weighted by Gasteiger charge is -2.25. The van der Waals surface area contributed by atoms with Crippen molar-refractivity contribution in [3.8, 4) is 0 Å². The predicted octanol–water partition coefficient (Wildman–Crippen LogP) is 3.51. The Morgan fingerprint density at radius 2 is 1.08 bits per heavy atom. The van der Waals surface area contributed by atoms with Gasteiger partial charge in [-0.2, -0.15) is 26.3 Å². The molecule has 0 saturated carbocycles. The quantitative estimate of drug-likeness (QED) is 0.457.